The van der Waals surface area contributed by atoms with Crippen LogP contribution in [-0.4, -0.2) is 10.9 Å². The molecule has 1 aromatic heterocycles. The van der Waals surface area contributed by atoms with Crippen LogP contribution in [0.4, 0.5) is 10.1 Å². The Morgan fingerprint density at radius 1 is 1.28 bits per heavy atom. The molecule has 0 saturated carbocycles. The summed E-state index contributed by atoms with van der Waals surface area (Å²) >= 11 is 0. The molecule has 2 rings (SSSR count). The van der Waals surface area contributed by atoms with Crippen molar-refractivity contribution < 1.29 is 9.18 Å². The summed E-state index contributed by atoms with van der Waals surface area (Å²) in [6.45, 7) is 1.90. The largest absolute Gasteiger partial charge is 0.324 e. The van der Waals surface area contributed by atoms with Crippen LogP contribution in [0.2, 0.25) is 0 Å². The molecule has 0 aliphatic heterocycles. The van der Waals surface area contributed by atoms with E-state index in [0.29, 0.717) is 5.69 Å². The summed E-state index contributed by atoms with van der Waals surface area (Å²) in [7, 11) is 0. The number of hydrogen-bond donors (Lipinski definition) is 1. The van der Waals surface area contributed by atoms with E-state index < -0.39 is 0 Å². The minimum Gasteiger partial charge on any atom is -0.324 e. The molecule has 1 heterocycles. The monoisotopic (exact) mass is 244 g/mol. The van der Waals surface area contributed by atoms with Gasteiger partial charge in [-0.05, 0) is 36.2 Å². The molecule has 0 bridgehead atoms. The molecule has 3 nitrogen and oxygen atoms in total. The Balaban J connectivity index is 2.01. The highest BCUT2D eigenvalue weighted by molar-refractivity contribution is 5.92. The zero-order valence-electron chi connectivity index (χ0n) is 9.98. The molecule has 0 radical (unpaired) electrons. The number of carbonyl (C=O) groups excluding carboxylic acids is 1. The van der Waals surface area contributed by atoms with Crippen LogP contribution in [0, 0.1) is 12.7 Å². The van der Waals surface area contributed by atoms with Gasteiger partial charge in [0.1, 0.15) is 5.82 Å². The maximum absolute atomic E-state index is 12.7. The van der Waals surface area contributed by atoms with Crippen molar-refractivity contribution in [3.05, 3.63) is 59.7 Å². The Hall–Kier alpha value is -2.23. The second kappa shape index (κ2) is 5.40. The Morgan fingerprint density at radius 3 is 2.67 bits per heavy atom. The third-order valence-electron chi connectivity index (χ3n) is 2.59. The van der Waals surface area contributed by atoms with Gasteiger partial charge in [-0.1, -0.05) is 12.1 Å². The van der Waals surface area contributed by atoms with Crippen molar-refractivity contribution in [3.63, 3.8) is 0 Å². The summed E-state index contributed by atoms with van der Waals surface area (Å²) in [6, 6.07) is 7.72. The van der Waals surface area contributed by atoms with E-state index in [9.17, 15) is 9.18 Å². The van der Waals surface area contributed by atoms with Gasteiger partial charge < -0.3 is 5.32 Å². The number of aryl methyl sites for hydroxylation is 1. The van der Waals surface area contributed by atoms with Crippen LogP contribution in [0.15, 0.2) is 42.7 Å². The van der Waals surface area contributed by atoms with Crippen molar-refractivity contribution in [2.75, 3.05) is 5.32 Å². The van der Waals surface area contributed by atoms with E-state index in [1.165, 1.54) is 12.1 Å². The van der Waals surface area contributed by atoms with Gasteiger partial charge in [0.25, 0.3) is 0 Å². The highest BCUT2D eigenvalue weighted by atomic mass is 19.1. The van der Waals surface area contributed by atoms with Crippen LogP contribution in [-0.2, 0) is 11.2 Å². The number of nitrogens with one attached hydrogen (secondary N) is 1. The van der Waals surface area contributed by atoms with Gasteiger partial charge in [0.05, 0.1) is 18.3 Å². The molecule has 4 heteroatoms. The first kappa shape index (κ1) is 12.2. The average Bonchev–Trinajstić information content (AvgIpc) is 2.35. The number of anilines is 1. The van der Waals surface area contributed by atoms with Gasteiger partial charge >= 0.3 is 0 Å². The van der Waals surface area contributed by atoms with Crippen molar-refractivity contribution in [2.24, 2.45) is 0 Å². The predicted molar refractivity (Wildman–Crippen MR) is 67.7 cm³/mol. The topological polar surface area (TPSA) is 42.0 Å². The van der Waals surface area contributed by atoms with Crippen LogP contribution in [0.1, 0.15) is 11.1 Å². The van der Waals surface area contributed by atoms with Crippen LogP contribution < -0.4 is 5.32 Å². The Kier molecular flexibility index (Phi) is 3.67. The normalized spacial score (nSPS) is 10.1. The molecule has 0 unspecified atom stereocenters. The number of halogens is 1. The minimum absolute atomic E-state index is 0.141. The number of benzene rings is 1. The molecule has 1 amide bonds. The molecule has 1 aromatic carbocycles. The van der Waals surface area contributed by atoms with E-state index in [2.05, 4.69) is 10.3 Å². The number of carbonyl (C=O) groups is 1. The van der Waals surface area contributed by atoms with Gasteiger partial charge in [-0.3, -0.25) is 9.78 Å². The second-order valence-corrected chi connectivity index (χ2v) is 4.04. The number of rotatable bonds is 3. The number of pyridine rings is 1. The zero-order chi connectivity index (χ0) is 13.0. The average molecular weight is 244 g/mol. The lowest BCUT2D eigenvalue weighted by atomic mass is 10.1. The Bertz CT molecular complexity index is 552. The summed E-state index contributed by atoms with van der Waals surface area (Å²) < 4.78 is 12.7. The first-order chi connectivity index (χ1) is 8.65. The quantitative estimate of drug-likeness (QED) is 0.902. The smallest absolute Gasteiger partial charge is 0.228 e. The maximum Gasteiger partial charge on any atom is 0.228 e. The van der Waals surface area contributed by atoms with E-state index in [4.69, 9.17) is 0 Å². The third kappa shape index (κ3) is 3.13. The van der Waals surface area contributed by atoms with E-state index in [0.717, 1.165) is 11.1 Å². The van der Waals surface area contributed by atoms with Gasteiger partial charge in [0, 0.05) is 6.20 Å². The van der Waals surface area contributed by atoms with Crippen molar-refractivity contribution in [1.82, 2.24) is 4.98 Å². The van der Waals surface area contributed by atoms with Gasteiger partial charge in [0.15, 0.2) is 0 Å². The van der Waals surface area contributed by atoms with E-state index in [1.807, 2.05) is 13.0 Å². The molecule has 0 aliphatic rings. The van der Waals surface area contributed by atoms with E-state index >= 15 is 0 Å². The Morgan fingerprint density at radius 2 is 2.00 bits per heavy atom. The fourth-order valence-corrected chi connectivity index (χ4v) is 1.58. The van der Waals surface area contributed by atoms with E-state index in [1.54, 1.807) is 24.5 Å². The van der Waals surface area contributed by atoms with Gasteiger partial charge in [-0.2, -0.15) is 0 Å². The summed E-state index contributed by atoms with van der Waals surface area (Å²) in [5.41, 5.74) is 2.43. The van der Waals surface area contributed by atoms with Crippen LogP contribution >= 0.6 is 0 Å². The van der Waals surface area contributed by atoms with Gasteiger partial charge in [-0.25, -0.2) is 4.39 Å². The minimum atomic E-state index is -0.303. The van der Waals surface area contributed by atoms with Gasteiger partial charge in [-0.15, -0.1) is 0 Å². The third-order valence-corrected chi connectivity index (χ3v) is 2.59. The number of aromatic nitrogens is 1. The van der Waals surface area contributed by atoms with Crippen molar-refractivity contribution >= 4 is 11.6 Å². The summed E-state index contributed by atoms with van der Waals surface area (Å²) in [5, 5.41) is 2.78. The molecule has 0 aliphatic carbocycles. The highest BCUT2D eigenvalue weighted by Crippen LogP contribution is 2.12. The van der Waals surface area contributed by atoms with Crippen molar-refractivity contribution in [3.8, 4) is 0 Å². The maximum atomic E-state index is 12.7. The standard InChI is InChI=1S/C14H13FN2O/c1-10-6-7-16-9-13(10)17-14(18)8-11-2-4-12(15)5-3-11/h2-7,9H,8H2,1H3,(H,17,18). The first-order valence-corrected chi connectivity index (χ1v) is 5.60. The molecule has 0 fully saturated rings. The molecule has 1 N–H and O–H groups in total. The lowest BCUT2D eigenvalue weighted by Gasteiger charge is -2.07. The Labute approximate surface area is 105 Å². The lowest BCUT2D eigenvalue weighted by molar-refractivity contribution is -0.115. The summed E-state index contributed by atoms with van der Waals surface area (Å²) in [5.74, 6) is -0.444. The molecule has 0 spiro atoms. The molecule has 18 heavy (non-hydrogen) atoms. The lowest BCUT2D eigenvalue weighted by Crippen LogP contribution is -2.15. The number of nitrogens with zero attached hydrogens (tertiary/aromatic N) is 1. The molecular formula is C14H13FN2O. The van der Waals surface area contributed by atoms with Crippen LogP contribution in [0.3, 0.4) is 0 Å². The first-order valence-electron chi connectivity index (χ1n) is 5.60. The molecular weight excluding hydrogens is 231 g/mol. The SMILES string of the molecule is Cc1ccncc1NC(=O)Cc1ccc(F)cc1. The predicted octanol–water partition coefficient (Wildman–Crippen LogP) is 2.71. The fourth-order valence-electron chi connectivity index (χ4n) is 1.58. The number of amides is 1. The van der Waals surface area contributed by atoms with Crippen molar-refractivity contribution in [1.29, 1.82) is 0 Å². The summed E-state index contributed by atoms with van der Waals surface area (Å²) in [6.07, 6.45) is 3.50. The molecule has 0 saturated heterocycles. The van der Waals surface area contributed by atoms with Crippen molar-refractivity contribution in [2.45, 2.75) is 13.3 Å². The number of hydrogen-bond acceptors (Lipinski definition) is 2. The fraction of sp³-hybridized carbons (Fsp3) is 0.143. The van der Waals surface area contributed by atoms with Gasteiger partial charge in [0.2, 0.25) is 5.91 Å². The highest BCUT2D eigenvalue weighted by Gasteiger charge is 2.06. The van der Waals surface area contributed by atoms with Crippen LogP contribution in [0.5, 0.6) is 0 Å². The van der Waals surface area contributed by atoms with E-state index in [-0.39, 0.29) is 18.1 Å². The second-order valence-electron chi connectivity index (χ2n) is 4.04. The van der Waals surface area contributed by atoms with Crippen LogP contribution in [0.25, 0.3) is 0 Å². The molecule has 92 valence electrons. The molecule has 0 atom stereocenters. The summed E-state index contributed by atoms with van der Waals surface area (Å²) in [4.78, 5) is 15.7. The zero-order valence-corrected chi connectivity index (χ0v) is 9.98. The molecule has 2 aromatic rings.